The Morgan fingerprint density at radius 1 is 1.18 bits per heavy atom. The summed E-state index contributed by atoms with van der Waals surface area (Å²) in [5.41, 5.74) is -0.136. The number of carbonyl (C=O) groups is 1. The lowest BCUT2D eigenvalue weighted by Gasteiger charge is -2.36. The van der Waals surface area contributed by atoms with Crippen LogP contribution in [0.5, 0.6) is 0 Å². The summed E-state index contributed by atoms with van der Waals surface area (Å²) in [5.74, 6) is 0.162. The second-order valence-electron chi connectivity index (χ2n) is 7.85. The molecule has 0 radical (unpaired) electrons. The molecule has 4 rings (SSSR count). The Morgan fingerprint density at radius 3 is 2.52 bits per heavy atom. The zero-order chi connectivity index (χ0) is 23.9. The SMILES string of the molecule is Cc1sc2ncn(CCC(=O)N3CCN(c4ncc(C(F)(F)F)cc4Cl)CC3)c(=O)c2c1C. The van der Waals surface area contributed by atoms with Crippen molar-refractivity contribution in [2.24, 2.45) is 0 Å². The van der Waals surface area contributed by atoms with Gasteiger partial charge in [0, 0.05) is 50.2 Å². The normalized spacial score (nSPS) is 14.8. The number of hydrogen-bond donors (Lipinski definition) is 0. The zero-order valence-electron chi connectivity index (χ0n) is 17.9. The molecular weight excluding hydrogens is 479 g/mol. The fraction of sp³-hybridized carbons (Fsp3) is 0.429. The quantitative estimate of drug-likeness (QED) is 0.545. The van der Waals surface area contributed by atoms with Gasteiger partial charge in [-0.25, -0.2) is 9.97 Å². The number of nitrogens with zero attached hydrogens (tertiary/aromatic N) is 5. The van der Waals surface area contributed by atoms with Crippen LogP contribution >= 0.6 is 22.9 Å². The lowest BCUT2D eigenvalue weighted by Crippen LogP contribution is -2.49. The standard InChI is InChI=1S/C21H21ClF3N5O2S/c1-12-13(2)33-19-17(12)20(32)30(11-27-19)4-3-16(31)28-5-7-29(8-6-28)18-15(22)9-14(10-26-18)21(23,24)25/h9-11H,3-8H2,1-2H3. The molecule has 0 N–H and O–H groups in total. The van der Waals surface area contributed by atoms with Crippen LogP contribution in [0.4, 0.5) is 19.0 Å². The fourth-order valence-electron chi connectivity index (χ4n) is 3.79. The van der Waals surface area contributed by atoms with E-state index in [1.807, 2.05) is 13.8 Å². The molecule has 0 aromatic carbocycles. The van der Waals surface area contributed by atoms with Crippen LogP contribution in [0, 0.1) is 13.8 Å². The number of alkyl halides is 3. The van der Waals surface area contributed by atoms with Gasteiger partial charge in [-0.05, 0) is 25.5 Å². The molecule has 0 aliphatic carbocycles. The number of anilines is 1. The molecule has 3 aromatic rings. The molecular formula is C21H21ClF3N5O2S. The van der Waals surface area contributed by atoms with E-state index >= 15 is 0 Å². The van der Waals surface area contributed by atoms with Crippen LogP contribution in [0.3, 0.4) is 0 Å². The van der Waals surface area contributed by atoms with E-state index in [2.05, 4.69) is 9.97 Å². The fourth-order valence-corrected chi connectivity index (χ4v) is 5.06. The first-order valence-corrected chi connectivity index (χ1v) is 11.5. The van der Waals surface area contributed by atoms with Crippen LogP contribution in [0.2, 0.25) is 5.02 Å². The van der Waals surface area contributed by atoms with Crippen molar-refractivity contribution in [3.63, 3.8) is 0 Å². The molecule has 176 valence electrons. The third kappa shape index (κ3) is 4.70. The van der Waals surface area contributed by atoms with E-state index in [1.54, 1.807) is 9.80 Å². The molecule has 1 saturated heterocycles. The summed E-state index contributed by atoms with van der Waals surface area (Å²) in [6.45, 7) is 5.61. The van der Waals surface area contributed by atoms with Crippen molar-refractivity contribution < 1.29 is 18.0 Å². The molecule has 0 atom stereocenters. The smallest absolute Gasteiger partial charge is 0.352 e. The van der Waals surface area contributed by atoms with Crippen molar-refractivity contribution >= 4 is 44.9 Å². The van der Waals surface area contributed by atoms with Crippen molar-refractivity contribution in [2.75, 3.05) is 31.1 Å². The Morgan fingerprint density at radius 2 is 1.88 bits per heavy atom. The highest BCUT2D eigenvalue weighted by atomic mass is 35.5. The van der Waals surface area contributed by atoms with Gasteiger partial charge in [0.15, 0.2) is 0 Å². The largest absolute Gasteiger partial charge is 0.417 e. The number of amides is 1. The van der Waals surface area contributed by atoms with Gasteiger partial charge < -0.3 is 9.80 Å². The van der Waals surface area contributed by atoms with Gasteiger partial charge in [-0.1, -0.05) is 11.6 Å². The molecule has 1 aliphatic rings. The monoisotopic (exact) mass is 499 g/mol. The van der Waals surface area contributed by atoms with Gasteiger partial charge in [0.25, 0.3) is 5.56 Å². The lowest BCUT2D eigenvalue weighted by molar-refractivity contribution is -0.137. The first kappa shape index (κ1) is 23.5. The predicted molar refractivity (Wildman–Crippen MR) is 121 cm³/mol. The molecule has 1 aliphatic heterocycles. The molecule has 0 unspecified atom stereocenters. The maximum Gasteiger partial charge on any atom is 0.417 e. The molecule has 33 heavy (non-hydrogen) atoms. The first-order chi connectivity index (χ1) is 15.6. The van der Waals surface area contributed by atoms with Crippen LogP contribution in [-0.4, -0.2) is 51.5 Å². The number of rotatable bonds is 4. The number of halogens is 4. The van der Waals surface area contributed by atoms with Gasteiger partial charge in [-0.2, -0.15) is 13.2 Å². The Hall–Kier alpha value is -2.66. The maximum absolute atomic E-state index is 12.8. The number of aryl methyl sites for hydroxylation is 3. The van der Waals surface area contributed by atoms with E-state index < -0.39 is 11.7 Å². The van der Waals surface area contributed by atoms with Gasteiger partial charge in [0.2, 0.25) is 5.91 Å². The molecule has 1 fully saturated rings. The molecule has 0 saturated carbocycles. The van der Waals surface area contributed by atoms with Crippen molar-refractivity contribution in [3.05, 3.63) is 50.0 Å². The lowest BCUT2D eigenvalue weighted by atomic mass is 10.2. The second-order valence-corrected chi connectivity index (χ2v) is 9.46. The van der Waals surface area contributed by atoms with Crippen molar-refractivity contribution in [1.82, 2.24) is 19.4 Å². The number of carbonyl (C=O) groups excluding carboxylic acids is 1. The average Bonchev–Trinajstić information content (AvgIpc) is 3.06. The van der Waals surface area contributed by atoms with Gasteiger partial charge in [0.05, 0.1) is 22.3 Å². The number of thiophene rings is 1. The molecule has 1 amide bonds. The summed E-state index contributed by atoms with van der Waals surface area (Å²) >= 11 is 7.51. The molecule has 12 heteroatoms. The minimum atomic E-state index is -4.51. The summed E-state index contributed by atoms with van der Waals surface area (Å²) in [5, 5.41) is 0.521. The highest BCUT2D eigenvalue weighted by molar-refractivity contribution is 7.18. The summed E-state index contributed by atoms with van der Waals surface area (Å²) in [7, 11) is 0. The highest BCUT2D eigenvalue weighted by Crippen LogP contribution is 2.33. The number of fused-ring (bicyclic) bond motifs is 1. The van der Waals surface area contributed by atoms with Gasteiger partial charge in [-0.3, -0.25) is 14.2 Å². The Labute approximate surface area is 196 Å². The van der Waals surface area contributed by atoms with E-state index in [4.69, 9.17) is 11.6 Å². The van der Waals surface area contributed by atoms with Crippen LogP contribution in [0.1, 0.15) is 22.4 Å². The number of piperazine rings is 1. The van der Waals surface area contributed by atoms with E-state index in [-0.39, 0.29) is 35.3 Å². The minimum absolute atomic E-state index is 0.0779. The number of pyridine rings is 1. The molecule has 3 aromatic heterocycles. The molecule has 7 nitrogen and oxygen atoms in total. The average molecular weight is 500 g/mol. The summed E-state index contributed by atoms with van der Waals surface area (Å²) in [4.78, 5) is 38.9. The van der Waals surface area contributed by atoms with Gasteiger partial charge >= 0.3 is 6.18 Å². The summed E-state index contributed by atoms with van der Waals surface area (Å²) < 4.78 is 39.9. The zero-order valence-corrected chi connectivity index (χ0v) is 19.5. The molecule has 4 heterocycles. The minimum Gasteiger partial charge on any atom is -0.352 e. The first-order valence-electron chi connectivity index (χ1n) is 10.3. The Balaban J connectivity index is 1.37. The molecule has 0 bridgehead atoms. The van der Waals surface area contributed by atoms with E-state index in [9.17, 15) is 22.8 Å². The summed E-state index contributed by atoms with van der Waals surface area (Å²) in [6.07, 6.45) is -2.13. The summed E-state index contributed by atoms with van der Waals surface area (Å²) in [6, 6.07) is 0.862. The van der Waals surface area contributed by atoms with Crippen LogP contribution in [0.15, 0.2) is 23.4 Å². The van der Waals surface area contributed by atoms with Gasteiger partial charge in [-0.15, -0.1) is 11.3 Å². The Kier molecular flexibility index (Phi) is 6.37. The van der Waals surface area contributed by atoms with Crippen molar-refractivity contribution in [1.29, 1.82) is 0 Å². The number of aromatic nitrogens is 3. The third-order valence-electron chi connectivity index (χ3n) is 5.80. The Bertz CT molecular complexity index is 1270. The van der Waals surface area contributed by atoms with E-state index in [0.717, 1.165) is 22.7 Å². The third-order valence-corrected chi connectivity index (χ3v) is 7.20. The second kappa shape index (κ2) is 8.94. The van der Waals surface area contributed by atoms with Crippen molar-refractivity contribution in [2.45, 2.75) is 33.0 Å². The highest BCUT2D eigenvalue weighted by Gasteiger charge is 2.32. The molecule has 0 spiro atoms. The predicted octanol–water partition coefficient (Wildman–Crippen LogP) is 3.88. The topological polar surface area (TPSA) is 71.3 Å². The van der Waals surface area contributed by atoms with Crippen molar-refractivity contribution in [3.8, 4) is 0 Å². The maximum atomic E-state index is 12.8. The van der Waals surface area contributed by atoms with Crippen LogP contribution in [-0.2, 0) is 17.5 Å². The van der Waals surface area contributed by atoms with Gasteiger partial charge in [0.1, 0.15) is 10.6 Å². The number of hydrogen-bond acceptors (Lipinski definition) is 6. The van der Waals surface area contributed by atoms with E-state index in [1.165, 1.54) is 22.2 Å². The van der Waals surface area contributed by atoms with E-state index in [0.29, 0.717) is 36.4 Å². The van der Waals surface area contributed by atoms with Crippen LogP contribution in [0.25, 0.3) is 10.2 Å². The van der Waals surface area contributed by atoms with Crippen LogP contribution < -0.4 is 10.5 Å².